The highest BCUT2D eigenvalue weighted by Gasteiger charge is 2.17. The molecule has 138 valence electrons. The van der Waals surface area contributed by atoms with Crippen molar-refractivity contribution in [3.8, 4) is 0 Å². The quantitative estimate of drug-likeness (QED) is 0.356. The van der Waals surface area contributed by atoms with Crippen molar-refractivity contribution in [1.82, 2.24) is 4.57 Å². The lowest BCUT2D eigenvalue weighted by Crippen LogP contribution is -2.09. The number of carbonyl (C=O) groups is 2. The number of carbonyl (C=O) groups excluding carboxylic acids is 1. The third kappa shape index (κ3) is 3.90. The van der Waals surface area contributed by atoms with Gasteiger partial charge in [0.15, 0.2) is 0 Å². The molecule has 0 spiro atoms. The van der Waals surface area contributed by atoms with Crippen LogP contribution in [0.5, 0.6) is 0 Å². The van der Waals surface area contributed by atoms with E-state index in [-0.39, 0.29) is 17.7 Å². The standard InChI is InChI=1S/C19H12BrF2NO4/c20-11-1-4-16-13(6-11)14(17(24)7-18(25)19(26)27)9-23(16)8-10-5-12(21)2-3-15(10)22/h1-7,9,24H,8H2,(H,26,27)/b17-7-. The van der Waals surface area contributed by atoms with E-state index in [0.29, 0.717) is 21.5 Å². The van der Waals surface area contributed by atoms with Crippen LogP contribution in [0.15, 0.2) is 53.1 Å². The summed E-state index contributed by atoms with van der Waals surface area (Å²) in [6.45, 7) is -0.0259. The second-order valence-corrected chi connectivity index (χ2v) is 6.68. The van der Waals surface area contributed by atoms with Crippen molar-refractivity contribution in [3.63, 3.8) is 0 Å². The fourth-order valence-corrected chi connectivity index (χ4v) is 3.08. The maximum atomic E-state index is 14.0. The largest absolute Gasteiger partial charge is 0.507 e. The van der Waals surface area contributed by atoms with Crippen LogP contribution >= 0.6 is 15.9 Å². The first-order chi connectivity index (χ1) is 12.8. The zero-order valence-corrected chi connectivity index (χ0v) is 15.2. The summed E-state index contributed by atoms with van der Waals surface area (Å²) in [5, 5.41) is 19.4. The number of nitrogens with zero attached hydrogens (tertiary/aromatic N) is 1. The van der Waals surface area contributed by atoms with E-state index in [1.165, 1.54) is 6.20 Å². The minimum atomic E-state index is -1.70. The average Bonchev–Trinajstić information content (AvgIpc) is 2.95. The molecule has 0 radical (unpaired) electrons. The Morgan fingerprint density at radius 2 is 1.85 bits per heavy atom. The Bertz CT molecular complexity index is 1100. The first kappa shape index (κ1) is 18.8. The van der Waals surface area contributed by atoms with Crippen LogP contribution in [0.25, 0.3) is 16.7 Å². The van der Waals surface area contributed by atoms with Crippen molar-refractivity contribution in [2.75, 3.05) is 0 Å². The summed E-state index contributed by atoms with van der Waals surface area (Å²) in [7, 11) is 0. The van der Waals surface area contributed by atoms with Crippen molar-refractivity contribution >= 4 is 44.3 Å². The molecule has 3 rings (SSSR count). The lowest BCUT2D eigenvalue weighted by atomic mass is 10.1. The van der Waals surface area contributed by atoms with Gasteiger partial charge in [-0.1, -0.05) is 15.9 Å². The third-order valence-corrected chi connectivity index (χ3v) is 4.44. The lowest BCUT2D eigenvalue weighted by Gasteiger charge is -2.07. The summed E-state index contributed by atoms with van der Waals surface area (Å²) >= 11 is 3.31. The minimum Gasteiger partial charge on any atom is -0.507 e. The summed E-state index contributed by atoms with van der Waals surface area (Å²) in [6, 6.07) is 8.21. The Morgan fingerprint density at radius 1 is 1.11 bits per heavy atom. The van der Waals surface area contributed by atoms with Gasteiger partial charge in [0.05, 0.1) is 6.54 Å². The van der Waals surface area contributed by atoms with Crippen LogP contribution in [0.3, 0.4) is 0 Å². The number of benzene rings is 2. The van der Waals surface area contributed by atoms with Gasteiger partial charge in [-0.2, -0.15) is 0 Å². The van der Waals surface area contributed by atoms with Crippen molar-refractivity contribution in [1.29, 1.82) is 0 Å². The van der Waals surface area contributed by atoms with Crippen molar-refractivity contribution in [2.45, 2.75) is 6.54 Å². The van der Waals surface area contributed by atoms with Crippen LogP contribution in [-0.2, 0) is 16.1 Å². The van der Waals surface area contributed by atoms with E-state index in [1.807, 2.05) is 0 Å². The highest BCUT2D eigenvalue weighted by atomic mass is 79.9. The topological polar surface area (TPSA) is 79.5 Å². The van der Waals surface area contributed by atoms with E-state index >= 15 is 0 Å². The predicted octanol–water partition coefficient (Wildman–Crippen LogP) is 4.28. The molecule has 0 unspecified atom stereocenters. The normalized spacial score (nSPS) is 11.7. The number of halogens is 3. The first-order valence-electron chi connectivity index (χ1n) is 7.67. The zero-order valence-electron chi connectivity index (χ0n) is 13.6. The molecule has 1 heterocycles. The van der Waals surface area contributed by atoms with Gasteiger partial charge in [-0.25, -0.2) is 13.6 Å². The van der Waals surface area contributed by atoms with Crippen LogP contribution < -0.4 is 0 Å². The van der Waals surface area contributed by atoms with Gasteiger partial charge in [0.2, 0.25) is 0 Å². The van der Waals surface area contributed by atoms with Crippen LogP contribution in [0.1, 0.15) is 11.1 Å². The minimum absolute atomic E-state index is 0.0259. The molecule has 2 aromatic carbocycles. The fourth-order valence-electron chi connectivity index (χ4n) is 2.72. The van der Waals surface area contributed by atoms with Crippen molar-refractivity contribution in [3.05, 3.63) is 75.9 Å². The Kier molecular flexibility index (Phi) is 5.09. The van der Waals surface area contributed by atoms with Gasteiger partial charge in [0.1, 0.15) is 17.4 Å². The van der Waals surface area contributed by atoms with Gasteiger partial charge < -0.3 is 14.8 Å². The third-order valence-electron chi connectivity index (χ3n) is 3.95. The molecular formula is C19H12BrF2NO4. The molecular weight excluding hydrogens is 424 g/mol. The van der Waals surface area contributed by atoms with Gasteiger partial charge in [-0.05, 0) is 36.4 Å². The molecule has 5 nitrogen and oxygen atoms in total. The van der Waals surface area contributed by atoms with Gasteiger partial charge in [0, 0.05) is 38.8 Å². The molecule has 0 bridgehead atoms. The second kappa shape index (κ2) is 7.32. The summed E-state index contributed by atoms with van der Waals surface area (Å²) in [4.78, 5) is 22.1. The average molecular weight is 436 g/mol. The predicted molar refractivity (Wildman–Crippen MR) is 98.3 cm³/mol. The first-order valence-corrected chi connectivity index (χ1v) is 8.46. The number of hydrogen-bond acceptors (Lipinski definition) is 3. The zero-order chi connectivity index (χ0) is 19.7. The number of rotatable bonds is 5. The van der Waals surface area contributed by atoms with Gasteiger partial charge in [-0.15, -0.1) is 0 Å². The molecule has 2 N–H and O–H groups in total. The Balaban J connectivity index is 2.13. The molecule has 0 atom stereocenters. The van der Waals surface area contributed by atoms with E-state index < -0.39 is 29.1 Å². The van der Waals surface area contributed by atoms with E-state index in [2.05, 4.69) is 15.9 Å². The van der Waals surface area contributed by atoms with Crippen LogP contribution in [0.4, 0.5) is 8.78 Å². The molecule has 0 aliphatic carbocycles. The Hall–Kier alpha value is -3.00. The SMILES string of the molecule is O=C(O)C(=O)/C=C(\O)c1cn(Cc2cc(F)ccc2F)c2ccc(Br)cc12. The summed E-state index contributed by atoms with van der Waals surface area (Å²) in [6.07, 6.45) is 2.05. The molecule has 0 aliphatic heterocycles. The fraction of sp³-hybridized carbons (Fsp3) is 0.0526. The Morgan fingerprint density at radius 3 is 2.56 bits per heavy atom. The van der Waals surface area contributed by atoms with Crippen molar-refractivity contribution < 1.29 is 28.6 Å². The molecule has 0 aliphatic rings. The molecule has 1 aromatic heterocycles. The number of aromatic nitrogens is 1. The molecule has 0 saturated heterocycles. The molecule has 8 heteroatoms. The van der Waals surface area contributed by atoms with Gasteiger partial charge in [0.25, 0.3) is 5.78 Å². The molecule has 27 heavy (non-hydrogen) atoms. The molecule has 0 amide bonds. The highest BCUT2D eigenvalue weighted by Crippen LogP contribution is 2.30. The van der Waals surface area contributed by atoms with E-state index in [4.69, 9.17) is 5.11 Å². The summed E-state index contributed by atoms with van der Waals surface area (Å²) in [5.41, 5.74) is 0.878. The van der Waals surface area contributed by atoms with Crippen LogP contribution in [-0.4, -0.2) is 26.5 Å². The van der Waals surface area contributed by atoms with E-state index in [1.54, 1.807) is 22.8 Å². The maximum Gasteiger partial charge on any atom is 0.376 e. The number of fused-ring (bicyclic) bond motifs is 1. The van der Waals surface area contributed by atoms with Gasteiger partial charge >= 0.3 is 5.97 Å². The number of aliphatic carboxylic acids is 1. The monoisotopic (exact) mass is 435 g/mol. The van der Waals surface area contributed by atoms with E-state index in [9.17, 15) is 23.5 Å². The number of hydrogen-bond donors (Lipinski definition) is 2. The number of carboxylic acid groups (broad SMARTS) is 1. The molecule has 0 saturated carbocycles. The lowest BCUT2D eigenvalue weighted by molar-refractivity contribution is -0.146. The van der Waals surface area contributed by atoms with Gasteiger partial charge in [-0.3, -0.25) is 4.79 Å². The summed E-state index contributed by atoms with van der Waals surface area (Å²) in [5.74, 6) is -4.69. The highest BCUT2D eigenvalue weighted by molar-refractivity contribution is 9.10. The van der Waals surface area contributed by atoms with Crippen LogP contribution in [0, 0.1) is 11.6 Å². The smallest absolute Gasteiger partial charge is 0.376 e. The maximum absolute atomic E-state index is 14.0. The number of aliphatic hydroxyl groups is 1. The summed E-state index contributed by atoms with van der Waals surface area (Å²) < 4.78 is 29.7. The Labute approximate surface area is 160 Å². The number of ketones is 1. The number of aliphatic hydroxyl groups excluding tert-OH is 1. The molecule has 0 fully saturated rings. The second-order valence-electron chi connectivity index (χ2n) is 5.77. The molecule has 3 aromatic rings. The van der Waals surface area contributed by atoms with Crippen molar-refractivity contribution in [2.24, 2.45) is 0 Å². The van der Waals surface area contributed by atoms with Crippen LogP contribution in [0.2, 0.25) is 0 Å². The van der Waals surface area contributed by atoms with E-state index in [0.717, 1.165) is 18.2 Å². The number of carboxylic acids is 1.